The van der Waals surface area contributed by atoms with Crippen LogP contribution in [0.15, 0.2) is 59.5 Å². The Balaban J connectivity index is 1.71. The van der Waals surface area contributed by atoms with Gasteiger partial charge in [-0.05, 0) is 50.1 Å². The lowest BCUT2D eigenvalue weighted by molar-refractivity contribution is -0.137. The third-order valence-corrected chi connectivity index (χ3v) is 7.15. The Morgan fingerprint density at radius 2 is 1.70 bits per heavy atom. The minimum absolute atomic E-state index is 0.0696. The van der Waals surface area contributed by atoms with E-state index >= 15 is 0 Å². The first-order chi connectivity index (χ1) is 14.1. The number of rotatable bonds is 5. The highest BCUT2D eigenvalue weighted by molar-refractivity contribution is 7.89. The number of carbonyl (C=O) groups is 1. The monoisotopic (exact) mass is 440 g/mol. The molecule has 30 heavy (non-hydrogen) atoms. The summed E-state index contributed by atoms with van der Waals surface area (Å²) in [5, 5.41) is 0. The fourth-order valence-electron chi connectivity index (χ4n) is 3.62. The molecular formula is C21H23F3N2O3S. The van der Waals surface area contributed by atoms with Crippen molar-refractivity contribution in [1.29, 1.82) is 0 Å². The maximum absolute atomic E-state index is 12.9. The molecule has 3 rings (SSSR count). The SMILES string of the molecule is CCN(C(=O)C1CCN(S(=O)(=O)c2cccc(C(F)(F)F)c2)CC1)c1ccccc1. The molecule has 0 atom stereocenters. The summed E-state index contributed by atoms with van der Waals surface area (Å²) in [5.41, 5.74) is -0.223. The van der Waals surface area contributed by atoms with Gasteiger partial charge < -0.3 is 4.90 Å². The zero-order valence-electron chi connectivity index (χ0n) is 16.5. The van der Waals surface area contributed by atoms with Gasteiger partial charge in [-0.15, -0.1) is 0 Å². The molecule has 1 amide bonds. The van der Waals surface area contributed by atoms with Crippen molar-refractivity contribution in [2.45, 2.75) is 30.8 Å². The molecule has 1 aliphatic rings. The van der Waals surface area contributed by atoms with Gasteiger partial charge in [0, 0.05) is 31.2 Å². The van der Waals surface area contributed by atoms with Crippen LogP contribution in [0.3, 0.4) is 0 Å². The molecular weight excluding hydrogens is 417 g/mol. The van der Waals surface area contributed by atoms with Gasteiger partial charge in [-0.25, -0.2) is 8.42 Å². The van der Waals surface area contributed by atoms with E-state index in [2.05, 4.69) is 0 Å². The molecule has 2 aromatic carbocycles. The Hall–Kier alpha value is -2.39. The van der Waals surface area contributed by atoms with Gasteiger partial charge >= 0.3 is 6.18 Å². The van der Waals surface area contributed by atoms with Crippen LogP contribution in [-0.2, 0) is 21.0 Å². The highest BCUT2D eigenvalue weighted by Gasteiger charge is 2.36. The quantitative estimate of drug-likeness (QED) is 0.702. The Kier molecular flexibility index (Phi) is 6.52. The summed E-state index contributed by atoms with van der Waals surface area (Å²) in [4.78, 5) is 14.2. The lowest BCUT2D eigenvalue weighted by Gasteiger charge is -2.33. The molecule has 0 saturated carbocycles. The van der Waals surface area contributed by atoms with Gasteiger partial charge in [-0.1, -0.05) is 24.3 Å². The summed E-state index contributed by atoms with van der Waals surface area (Å²) >= 11 is 0. The molecule has 162 valence electrons. The Morgan fingerprint density at radius 1 is 1.07 bits per heavy atom. The number of anilines is 1. The van der Waals surface area contributed by atoms with Crippen LogP contribution in [0.2, 0.25) is 0 Å². The van der Waals surface area contributed by atoms with Gasteiger partial charge in [0.1, 0.15) is 0 Å². The van der Waals surface area contributed by atoms with Crippen molar-refractivity contribution in [1.82, 2.24) is 4.31 Å². The molecule has 0 spiro atoms. The first kappa shape index (κ1) is 22.3. The Bertz CT molecular complexity index is 986. The molecule has 0 unspecified atom stereocenters. The van der Waals surface area contributed by atoms with Crippen LogP contribution in [0, 0.1) is 5.92 Å². The second-order valence-corrected chi connectivity index (χ2v) is 9.06. The highest BCUT2D eigenvalue weighted by atomic mass is 32.2. The van der Waals surface area contributed by atoms with Crippen molar-refractivity contribution < 1.29 is 26.4 Å². The number of sulfonamides is 1. The van der Waals surface area contributed by atoms with Gasteiger partial charge in [0.2, 0.25) is 15.9 Å². The number of piperidine rings is 1. The Labute approximate surface area is 174 Å². The maximum atomic E-state index is 12.9. The average Bonchev–Trinajstić information content (AvgIpc) is 2.74. The number of nitrogens with zero attached hydrogens (tertiary/aromatic N) is 2. The second kappa shape index (κ2) is 8.77. The van der Waals surface area contributed by atoms with E-state index in [1.165, 1.54) is 0 Å². The highest BCUT2D eigenvalue weighted by Crippen LogP contribution is 2.32. The summed E-state index contributed by atoms with van der Waals surface area (Å²) in [6.45, 7) is 2.53. The summed E-state index contributed by atoms with van der Waals surface area (Å²) in [5.74, 6) is -0.405. The molecule has 0 N–H and O–H groups in total. The van der Waals surface area contributed by atoms with Crippen LogP contribution in [0.4, 0.5) is 18.9 Å². The standard InChI is InChI=1S/C21H23F3N2O3S/c1-2-26(18-8-4-3-5-9-18)20(27)16-11-13-25(14-12-16)30(28,29)19-10-6-7-17(15-19)21(22,23)24/h3-10,15-16H,2,11-14H2,1H3. The summed E-state index contributed by atoms with van der Waals surface area (Å²) in [7, 11) is -4.06. The fourth-order valence-corrected chi connectivity index (χ4v) is 5.14. The number of halogens is 3. The number of hydrogen-bond donors (Lipinski definition) is 0. The summed E-state index contributed by atoms with van der Waals surface area (Å²) in [6.07, 6.45) is -3.98. The van der Waals surface area contributed by atoms with Gasteiger partial charge in [-0.2, -0.15) is 17.5 Å². The number of amides is 1. The fraction of sp³-hybridized carbons (Fsp3) is 0.381. The van der Waals surface area contributed by atoms with E-state index in [4.69, 9.17) is 0 Å². The third-order valence-electron chi connectivity index (χ3n) is 5.25. The van der Waals surface area contributed by atoms with Crippen LogP contribution in [-0.4, -0.2) is 38.3 Å². The summed E-state index contributed by atoms with van der Waals surface area (Å²) in [6, 6.07) is 13.0. The smallest absolute Gasteiger partial charge is 0.312 e. The van der Waals surface area contributed by atoms with Crippen molar-refractivity contribution >= 4 is 21.6 Å². The lowest BCUT2D eigenvalue weighted by Crippen LogP contribution is -2.44. The zero-order chi connectivity index (χ0) is 21.9. The van der Waals surface area contributed by atoms with E-state index in [-0.39, 0.29) is 29.8 Å². The summed E-state index contributed by atoms with van der Waals surface area (Å²) < 4.78 is 65.6. The van der Waals surface area contributed by atoms with Crippen LogP contribution >= 0.6 is 0 Å². The lowest BCUT2D eigenvalue weighted by atomic mass is 9.96. The van der Waals surface area contributed by atoms with E-state index in [1.54, 1.807) is 4.90 Å². The predicted octanol–water partition coefficient (Wildman–Crippen LogP) is 4.16. The molecule has 1 fully saturated rings. The molecule has 0 aliphatic carbocycles. The van der Waals surface area contributed by atoms with E-state index in [0.29, 0.717) is 25.5 Å². The molecule has 1 heterocycles. The molecule has 0 bridgehead atoms. The first-order valence-electron chi connectivity index (χ1n) is 9.68. The first-order valence-corrected chi connectivity index (χ1v) is 11.1. The molecule has 0 radical (unpaired) electrons. The van der Waals surface area contributed by atoms with Crippen molar-refractivity contribution in [3.8, 4) is 0 Å². The predicted molar refractivity (Wildman–Crippen MR) is 107 cm³/mol. The van der Waals surface area contributed by atoms with Crippen LogP contribution in [0.1, 0.15) is 25.3 Å². The molecule has 1 aliphatic heterocycles. The largest absolute Gasteiger partial charge is 0.416 e. The topological polar surface area (TPSA) is 57.7 Å². The second-order valence-electron chi connectivity index (χ2n) is 7.12. The molecule has 1 saturated heterocycles. The maximum Gasteiger partial charge on any atom is 0.416 e. The minimum Gasteiger partial charge on any atom is -0.312 e. The van der Waals surface area contributed by atoms with Gasteiger partial charge in [0.25, 0.3) is 0 Å². The third kappa shape index (κ3) is 4.67. The average molecular weight is 440 g/mol. The number of alkyl halides is 3. The number of carbonyl (C=O) groups excluding carboxylic acids is 1. The van der Waals surface area contributed by atoms with Gasteiger partial charge in [-0.3, -0.25) is 4.79 Å². The number of hydrogen-bond acceptors (Lipinski definition) is 3. The van der Waals surface area contributed by atoms with Crippen molar-refractivity contribution in [3.05, 3.63) is 60.2 Å². The van der Waals surface area contributed by atoms with Gasteiger partial charge in [0.15, 0.2) is 0 Å². The molecule has 0 aromatic heterocycles. The van der Waals surface area contributed by atoms with Crippen LogP contribution < -0.4 is 4.90 Å². The van der Waals surface area contributed by atoms with Crippen molar-refractivity contribution in [2.24, 2.45) is 5.92 Å². The van der Waals surface area contributed by atoms with E-state index in [0.717, 1.165) is 28.2 Å². The van der Waals surface area contributed by atoms with E-state index < -0.39 is 21.8 Å². The molecule has 2 aromatic rings. The van der Waals surface area contributed by atoms with Crippen LogP contribution in [0.5, 0.6) is 0 Å². The van der Waals surface area contributed by atoms with E-state index in [9.17, 15) is 26.4 Å². The zero-order valence-corrected chi connectivity index (χ0v) is 17.3. The Morgan fingerprint density at radius 3 is 2.27 bits per heavy atom. The van der Waals surface area contributed by atoms with E-state index in [1.807, 2.05) is 37.3 Å². The minimum atomic E-state index is -4.62. The number of para-hydroxylation sites is 1. The molecule has 5 nitrogen and oxygen atoms in total. The van der Waals surface area contributed by atoms with Crippen LogP contribution in [0.25, 0.3) is 0 Å². The van der Waals surface area contributed by atoms with Gasteiger partial charge in [0.05, 0.1) is 10.5 Å². The van der Waals surface area contributed by atoms with Crippen molar-refractivity contribution in [2.75, 3.05) is 24.5 Å². The normalized spacial score (nSPS) is 16.4. The number of benzene rings is 2. The molecule has 9 heteroatoms. The van der Waals surface area contributed by atoms with Crippen molar-refractivity contribution in [3.63, 3.8) is 0 Å².